The summed E-state index contributed by atoms with van der Waals surface area (Å²) in [5.74, 6) is -0.00551. The van der Waals surface area contributed by atoms with Crippen LogP contribution in [0.25, 0.3) is 10.2 Å². The highest BCUT2D eigenvalue weighted by atomic mass is 32.1. The highest BCUT2D eigenvalue weighted by Gasteiger charge is 2.19. The Kier molecular flexibility index (Phi) is 5.82. The third-order valence-corrected chi connectivity index (χ3v) is 5.36. The Hall–Kier alpha value is -3.13. The summed E-state index contributed by atoms with van der Waals surface area (Å²) in [6, 6.07) is 12.6. The van der Waals surface area contributed by atoms with Gasteiger partial charge in [0.1, 0.15) is 22.8 Å². The van der Waals surface area contributed by atoms with E-state index in [9.17, 15) is 9.18 Å². The number of fused-ring (bicyclic) bond motifs is 1. The monoisotopic (exact) mass is 439 g/mol. The summed E-state index contributed by atoms with van der Waals surface area (Å²) >= 11 is 1.56. The van der Waals surface area contributed by atoms with E-state index in [0.717, 1.165) is 32.8 Å². The summed E-state index contributed by atoms with van der Waals surface area (Å²) in [6.45, 7) is 5.42. The molecule has 0 radical (unpaired) electrons. The Labute approximate surface area is 183 Å². The largest absolute Gasteiger partial charge is 0.460 e. The molecule has 2 aromatic heterocycles. The molecule has 6 nitrogen and oxygen atoms in total. The first-order chi connectivity index (χ1) is 14.7. The molecule has 0 atom stereocenters. The number of halogens is 1. The van der Waals surface area contributed by atoms with Crippen molar-refractivity contribution in [3.05, 3.63) is 76.2 Å². The smallest absolute Gasteiger partial charge is 0.315 e. The minimum Gasteiger partial charge on any atom is -0.460 e. The second-order valence-corrected chi connectivity index (χ2v) is 9.36. The quantitative estimate of drug-likeness (QED) is 0.398. The summed E-state index contributed by atoms with van der Waals surface area (Å²) in [7, 11) is 0. The fourth-order valence-electron chi connectivity index (χ4n) is 3.10. The van der Waals surface area contributed by atoms with E-state index in [4.69, 9.17) is 9.15 Å². The van der Waals surface area contributed by atoms with Gasteiger partial charge in [-0.05, 0) is 62.6 Å². The van der Waals surface area contributed by atoms with Crippen molar-refractivity contribution >= 4 is 27.5 Å². The normalized spacial score (nSPS) is 11.7. The zero-order chi connectivity index (χ0) is 22.0. The van der Waals surface area contributed by atoms with Crippen LogP contribution in [0.15, 0.2) is 46.9 Å². The molecule has 8 heteroatoms. The minimum absolute atomic E-state index is 0.0587. The maximum atomic E-state index is 13.1. The lowest BCUT2D eigenvalue weighted by Crippen LogP contribution is -2.24. The van der Waals surface area contributed by atoms with Gasteiger partial charge in [0.2, 0.25) is 11.8 Å². The van der Waals surface area contributed by atoms with Gasteiger partial charge in [-0.1, -0.05) is 18.2 Å². The third-order valence-electron chi connectivity index (χ3n) is 4.35. The van der Waals surface area contributed by atoms with E-state index in [-0.39, 0.29) is 18.1 Å². The molecular weight excluding hydrogens is 417 g/mol. The van der Waals surface area contributed by atoms with Crippen molar-refractivity contribution in [1.82, 2.24) is 15.2 Å². The molecule has 4 rings (SSSR count). The highest BCUT2D eigenvalue weighted by molar-refractivity contribution is 7.18. The van der Waals surface area contributed by atoms with E-state index >= 15 is 0 Å². The van der Waals surface area contributed by atoms with Crippen molar-refractivity contribution in [2.24, 2.45) is 0 Å². The van der Waals surface area contributed by atoms with Gasteiger partial charge in [-0.25, -0.2) is 9.37 Å². The van der Waals surface area contributed by atoms with Gasteiger partial charge in [0, 0.05) is 0 Å². The molecule has 4 aromatic rings. The van der Waals surface area contributed by atoms with Crippen LogP contribution in [0, 0.1) is 5.82 Å². The maximum Gasteiger partial charge on any atom is 0.315 e. The number of nitrogens with zero attached hydrogens (tertiary/aromatic N) is 3. The molecular formula is C23H22FN3O3S. The van der Waals surface area contributed by atoms with E-state index in [1.54, 1.807) is 23.5 Å². The Balaban J connectivity index is 1.43. The van der Waals surface area contributed by atoms with E-state index in [1.807, 2.05) is 32.9 Å². The standard InChI is InChI=1S/C23H22FN3O3S/c1-23(2,3)30-22(28)13-20-27-26-19(29-20)12-21-25-17-9-6-15(11-18(17)31-21)10-14-4-7-16(24)8-5-14/h4-9,11H,10,12-13H2,1-3H3. The number of thiazole rings is 1. The van der Waals surface area contributed by atoms with Gasteiger partial charge in [-0.15, -0.1) is 21.5 Å². The van der Waals surface area contributed by atoms with E-state index in [0.29, 0.717) is 12.3 Å². The molecule has 0 aliphatic carbocycles. The fourth-order valence-corrected chi connectivity index (χ4v) is 4.12. The van der Waals surface area contributed by atoms with Crippen LogP contribution in [0.4, 0.5) is 4.39 Å². The van der Waals surface area contributed by atoms with Gasteiger partial charge >= 0.3 is 5.97 Å². The summed E-state index contributed by atoms with van der Waals surface area (Å²) in [5.41, 5.74) is 2.52. The first-order valence-electron chi connectivity index (χ1n) is 9.89. The maximum absolute atomic E-state index is 13.1. The number of benzene rings is 2. The number of aromatic nitrogens is 3. The number of hydrogen-bond donors (Lipinski definition) is 0. The van der Waals surface area contributed by atoms with Crippen molar-refractivity contribution < 1.29 is 18.3 Å². The number of rotatable bonds is 6. The number of hydrogen-bond acceptors (Lipinski definition) is 7. The van der Waals surface area contributed by atoms with Crippen molar-refractivity contribution in [2.45, 2.75) is 45.6 Å². The van der Waals surface area contributed by atoms with Crippen LogP contribution in [-0.2, 0) is 28.8 Å². The predicted molar refractivity (Wildman–Crippen MR) is 115 cm³/mol. The number of carbonyl (C=O) groups is 1. The number of ether oxygens (including phenoxy) is 1. The van der Waals surface area contributed by atoms with Crippen LogP contribution in [0.2, 0.25) is 0 Å². The van der Waals surface area contributed by atoms with Crippen molar-refractivity contribution in [2.75, 3.05) is 0 Å². The molecule has 0 saturated carbocycles. The summed E-state index contributed by atoms with van der Waals surface area (Å²) in [4.78, 5) is 16.5. The third kappa shape index (κ3) is 5.73. The Morgan fingerprint density at radius 3 is 2.48 bits per heavy atom. The van der Waals surface area contributed by atoms with Crippen LogP contribution in [0.5, 0.6) is 0 Å². The van der Waals surface area contributed by atoms with Gasteiger partial charge in [0.05, 0.1) is 16.6 Å². The summed E-state index contributed by atoms with van der Waals surface area (Å²) in [5, 5.41) is 8.81. The van der Waals surface area contributed by atoms with Gasteiger partial charge in [-0.3, -0.25) is 4.79 Å². The van der Waals surface area contributed by atoms with Gasteiger partial charge in [0.15, 0.2) is 0 Å². The second-order valence-electron chi connectivity index (χ2n) is 8.24. The molecule has 0 N–H and O–H groups in total. The lowest BCUT2D eigenvalue weighted by Gasteiger charge is -2.18. The molecule has 2 aromatic carbocycles. The van der Waals surface area contributed by atoms with Crippen molar-refractivity contribution in [3.63, 3.8) is 0 Å². The number of carbonyl (C=O) groups excluding carboxylic acids is 1. The van der Waals surface area contributed by atoms with Crippen LogP contribution in [0.3, 0.4) is 0 Å². The van der Waals surface area contributed by atoms with Crippen molar-refractivity contribution in [1.29, 1.82) is 0 Å². The molecule has 0 spiro atoms. The Morgan fingerprint density at radius 2 is 1.74 bits per heavy atom. The van der Waals surface area contributed by atoms with E-state index in [2.05, 4.69) is 21.2 Å². The molecule has 0 saturated heterocycles. The topological polar surface area (TPSA) is 78.1 Å². The number of esters is 1. The summed E-state index contributed by atoms with van der Waals surface area (Å²) < 4.78 is 25.0. The average molecular weight is 440 g/mol. The minimum atomic E-state index is -0.559. The molecule has 0 fully saturated rings. The molecule has 0 unspecified atom stereocenters. The van der Waals surface area contributed by atoms with Crippen LogP contribution >= 0.6 is 11.3 Å². The predicted octanol–water partition coefficient (Wildman–Crippen LogP) is 4.88. The van der Waals surface area contributed by atoms with E-state index < -0.39 is 11.6 Å². The molecule has 0 amide bonds. The highest BCUT2D eigenvalue weighted by Crippen LogP contribution is 2.26. The lowest BCUT2D eigenvalue weighted by atomic mass is 10.1. The van der Waals surface area contributed by atoms with Gasteiger partial charge in [-0.2, -0.15) is 0 Å². The summed E-state index contributed by atoms with van der Waals surface area (Å²) in [6.07, 6.45) is 1.06. The van der Waals surface area contributed by atoms with Crippen molar-refractivity contribution in [3.8, 4) is 0 Å². The van der Waals surface area contributed by atoms with E-state index in [1.165, 1.54) is 12.1 Å². The van der Waals surface area contributed by atoms with Gasteiger partial charge in [0.25, 0.3) is 0 Å². The molecule has 0 bridgehead atoms. The lowest BCUT2D eigenvalue weighted by molar-refractivity contribution is -0.154. The van der Waals surface area contributed by atoms with Gasteiger partial charge < -0.3 is 9.15 Å². The molecule has 0 aliphatic heterocycles. The molecule has 2 heterocycles. The Morgan fingerprint density at radius 1 is 1.03 bits per heavy atom. The molecule has 0 aliphatic rings. The molecule has 31 heavy (non-hydrogen) atoms. The van der Waals surface area contributed by atoms with Crippen LogP contribution < -0.4 is 0 Å². The Bertz CT molecular complexity index is 1210. The van der Waals surface area contributed by atoms with Crippen LogP contribution in [0.1, 0.15) is 48.7 Å². The zero-order valence-corrected chi connectivity index (χ0v) is 18.3. The van der Waals surface area contributed by atoms with Crippen LogP contribution in [-0.4, -0.2) is 26.8 Å². The second kappa shape index (κ2) is 8.55. The average Bonchev–Trinajstić information content (AvgIpc) is 3.28. The first kappa shape index (κ1) is 21.1. The molecule has 160 valence electrons. The zero-order valence-electron chi connectivity index (χ0n) is 17.5. The SMILES string of the molecule is CC(C)(C)OC(=O)Cc1nnc(Cc2nc3ccc(Cc4ccc(F)cc4)cc3s2)o1. The first-order valence-corrected chi connectivity index (χ1v) is 10.7. The fraction of sp³-hybridized carbons (Fsp3) is 0.304.